The molecule has 2 aromatic carbocycles. The molecule has 0 spiro atoms. The van der Waals surface area contributed by atoms with Crippen molar-refractivity contribution < 1.29 is 9.00 Å². The van der Waals surface area contributed by atoms with E-state index in [9.17, 15) is 9.00 Å². The van der Waals surface area contributed by atoms with E-state index in [2.05, 4.69) is 5.32 Å². The summed E-state index contributed by atoms with van der Waals surface area (Å²) in [6.07, 6.45) is 0. The van der Waals surface area contributed by atoms with Crippen molar-refractivity contribution in [2.24, 2.45) is 0 Å². The fourth-order valence-electron chi connectivity index (χ4n) is 1.63. The molecule has 2 aromatic rings. The average molecular weight is 343 g/mol. The molecule has 0 aliphatic rings. The zero-order valence-corrected chi connectivity index (χ0v) is 13.1. The van der Waals surface area contributed by atoms with Crippen LogP contribution < -0.4 is 11.1 Å². The van der Waals surface area contributed by atoms with Gasteiger partial charge in [0.1, 0.15) is 5.75 Å². The van der Waals surface area contributed by atoms with Gasteiger partial charge in [0, 0.05) is 16.4 Å². The van der Waals surface area contributed by atoms with Gasteiger partial charge in [0.05, 0.1) is 20.7 Å². The molecular weight excluding hydrogens is 331 g/mol. The van der Waals surface area contributed by atoms with Gasteiger partial charge in [-0.25, -0.2) is 0 Å². The molecule has 21 heavy (non-hydrogen) atoms. The van der Waals surface area contributed by atoms with Crippen molar-refractivity contribution in [3.05, 3.63) is 52.5 Å². The Labute approximate surface area is 134 Å². The predicted octanol–water partition coefficient (Wildman–Crippen LogP) is 3.32. The summed E-state index contributed by atoms with van der Waals surface area (Å²) in [5, 5.41) is 3.50. The molecular formula is C14H12Cl2N2O2S. The first-order valence-corrected chi connectivity index (χ1v) is 8.02. The number of hydrogen-bond acceptors (Lipinski definition) is 3. The third-order valence-electron chi connectivity index (χ3n) is 2.59. The molecule has 0 aliphatic carbocycles. The number of nitrogens with one attached hydrogen (secondary N) is 1. The molecule has 4 nitrogen and oxygen atoms in total. The highest BCUT2D eigenvalue weighted by molar-refractivity contribution is 7.86. The number of hydrogen-bond donors (Lipinski definition) is 2. The SMILES string of the molecule is Nc1ccc(S(=O)CC(=O)Nc2ccc(Cl)cc2)c(Cl)c1. The van der Waals surface area contributed by atoms with E-state index in [1.165, 1.54) is 6.07 Å². The van der Waals surface area contributed by atoms with Crippen LogP contribution in [-0.2, 0) is 15.6 Å². The summed E-state index contributed by atoms with van der Waals surface area (Å²) >= 11 is 11.7. The molecule has 1 unspecified atom stereocenters. The van der Waals surface area contributed by atoms with Crippen molar-refractivity contribution >= 4 is 51.3 Å². The van der Waals surface area contributed by atoms with Crippen LogP contribution in [0.15, 0.2) is 47.4 Å². The Bertz CT molecular complexity index is 690. The number of carbonyl (C=O) groups excluding carboxylic acids is 1. The standard InChI is InChI=1S/C14H12Cl2N2O2S/c15-9-1-4-11(5-2-9)18-14(19)8-21(20)13-6-3-10(17)7-12(13)16/h1-7H,8,17H2,(H,18,19). The van der Waals surface area contributed by atoms with Gasteiger partial charge in [0.15, 0.2) is 0 Å². The number of amides is 1. The van der Waals surface area contributed by atoms with Crippen LogP contribution in [0.4, 0.5) is 11.4 Å². The summed E-state index contributed by atoms with van der Waals surface area (Å²) in [5.41, 5.74) is 6.64. The average Bonchev–Trinajstić information content (AvgIpc) is 2.41. The molecule has 3 N–H and O–H groups in total. The Morgan fingerprint density at radius 2 is 1.81 bits per heavy atom. The smallest absolute Gasteiger partial charge is 0.237 e. The van der Waals surface area contributed by atoms with Crippen LogP contribution in [0.1, 0.15) is 0 Å². The zero-order chi connectivity index (χ0) is 15.4. The van der Waals surface area contributed by atoms with Crippen molar-refractivity contribution in [1.82, 2.24) is 0 Å². The van der Waals surface area contributed by atoms with Gasteiger partial charge in [0.25, 0.3) is 0 Å². The Kier molecular flexibility index (Phi) is 5.22. The summed E-state index contributed by atoms with van der Waals surface area (Å²) in [4.78, 5) is 12.2. The molecule has 0 radical (unpaired) electrons. The van der Waals surface area contributed by atoms with E-state index < -0.39 is 10.8 Å². The molecule has 110 valence electrons. The third-order valence-corrected chi connectivity index (χ3v) is 4.64. The molecule has 0 aromatic heterocycles. The first-order valence-electron chi connectivity index (χ1n) is 5.94. The topological polar surface area (TPSA) is 72.2 Å². The van der Waals surface area contributed by atoms with E-state index in [-0.39, 0.29) is 16.7 Å². The molecule has 0 saturated heterocycles. The summed E-state index contributed by atoms with van der Waals surface area (Å²) in [7, 11) is -1.54. The van der Waals surface area contributed by atoms with Crippen LogP contribution in [0.5, 0.6) is 0 Å². The number of nitrogens with two attached hydrogens (primary N) is 1. The van der Waals surface area contributed by atoms with Gasteiger partial charge in [0.2, 0.25) is 5.91 Å². The fourth-order valence-corrected chi connectivity index (χ4v) is 3.16. The van der Waals surface area contributed by atoms with Crippen LogP contribution in [0.2, 0.25) is 10.0 Å². The van der Waals surface area contributed by atoms with Gasteiger partial charge in [-0.3, -0.25) is 9.00 Å². The Morgan fingerprint density at radius 3 is 2.43 bits per heavy atom. The maximum absolute atomic E-state index is 12.1. The van der Waals surface area contributed by atoms with Crippen molar-refractivity contribution in [2.75, 3.05) is 16.8 Å². The monoisotopic (exact) mass is 342 g/mol. The second-order valence-corrected chi connectivity index (χ2v) is 6.50. The number of rotatable bonds is 4. The molecule has 0 fully saturated rings. The number of anilines is 2. The second-order valence-electron chi connectivity index (χ2n) is 4.23. The molecule has 0 heterocycles. The van der Waals surface area contributed by atoms with Gasteiger partial charge in [-0.2, -0.15) is 0 Å². The van der Waals surface area contributed by atoms with E-state index in [4.69, 9.17) is 28.9 Å². The van der Waals surface area contributed by atoms with Gasteiger partial charge in [-0.15, -0.1) is 0 Å². The van der Waals surface area contributed by atoms with E-state index >= 15 is 0 Å². The van der Waals surface area contributed by atoms with Gasteiger partial charge in [-0.05, 0) is 42.5 Å². The lowest BCUT2D eigenvalue weighted by atomic mass is 10.3. The van der Waals surface area contributed by atoms with Gasteiger partial charge >= 0.3 is 0 Å². The first kappa shape index (κ1) is 15.8. The molecule has 1 amide bonds. The van der Waals surface area contributed by atoms with Crippen LogP contribution in [0.3, 0.4) is 0 Å². The highest BCUT2D eigenvalue weighted by Gasteiger charge is 2.13. The van der Waals surface area contributed by atoms with Crippen molar-refractivity contribution in [3.8, 4) is 0 Å². The van der Waals surface area contributed by atoms with Gasteiger partial charge in [-0.1, -0.05) is 23.2 Å². The van der Waals surface area contributed by atoms with Crippen LogP contribution in [0.25, 0.3) is 0 Å². The molecule has 1 atom stereocenters. The third kappa shape index (κ3) is 4.46. The number of benzene rings is 2. The lowest BCUT2D eigenvalue weighted by Crippen LogP contribution is -2.19. The minimum atomic E-state index is -1.54. The molecule has 0 bridgehead atoms. The van der Waals surface area contributed by atoms with Crippen molar-refractivity contribution in [3.63, 3.8) is 0 Å². The van der Waals surface area contributed by atoms with Crippen LogP contribution in [-0.4, -0.2) is 15.9 Å². The summed E-state index contributed by atoms with van der Waals surface area (Å²) in [6, 6.07) is 11.3. The number of halogens is 2. The predicted molar refractivity (Wildman–Crippen MR) is 87.2 cm³/mol. The molecule has 7 heteroatoms. The number of nitrogen functional groups attached to an aromatic ring is 1. The minimum absolute atomic E-state index is 0.188. The highest BCUT2D eigenvalue weighted by atomic mass is 35.5. The summed E-state index contributed by atoms with van der Waals surface area (Å²) in [5.74, 6) is -0.560. The minimum Gasteiger partial charge on any atom is -0.399 e. The largest absolute Gasteiger partial charge is 0.399 e. The molecule has 2 rings (SSSR count). The first-order chi connectivity index (χ1) is 9.95. The van der Waals surface area contributed by atoms with Gasteiger partial charge < -0.3 is 11.1 Å². The Hall–Kier alpha value is -1.56. The summed E-state index contributed by atoms with van der Waals surface area (Å²) in [6.45, 7) is 0. The quantitative estimate of drug-likeness (QED) is 0.837. The summed E-state index contributed by atoms with van der Waals surface area (Å²) < 4.78 is 12.1. The lowest BCUT2D eigenvalue weighted by molar-refractivity contribution is -0.113. The van der Waals surface area contributed by atoms with Crippen LogP contribution >= 0.6 is 23.2 Å². The number of carbonyl (C=O) groups is 1. The van der Waals surface area contributed by atoms with Crippen LogP contribution in [0, 0.1) is 0 Å². The van der Waals surface area contributed by atoms with E-state index in [0.717, 1.165) is 0 Å². The maximum atomic E-state index is 12.1. The van der Waals surface area contributed by atoms with E-state index in [1.54, 1.807) is 36.4 Å². The Morgan fingerprint density at radius 1 is 1.14 bits per heavy atom. The van der Waals surface area contributed by atoms with Crippen molar-refractivity contribution in [1.29, 1.82) is 0 Å². The second kappa shape index (κ2) is 6.93. The Balaban J connectivity index is 2.02. The lowest BCUT2D eigenvalue weighted by Gasteiger charge is -2.07. The maximum Gasteiger partial charge on any atom is 0.237 e. The van der Waals surface area contributed by atoms with Crippen molar-refractivity contribution in [2.45, 2.75) is 4.90 Å². The molecule has 0 aliphatic heterocycles. The normalized spacial score (nSPS) is 11.9. The fraction of sp³-hybridized carbons (Fsp3) is 0.0714. The highest BCUT2D eigenvalue weighted by Crippen LogP contribution is 2.22. The van der Waals surface area contributed by atoms with E-state index in [1.807, 2.05) is 0 Å². The van der Waals surface area contributed by atoms with E-state index in [0.29, 0.717) is 21.3 Å². The molecule has 0 saturated carbocycles. The zero-order valence-electron chi connectivity index (χ0n) is 10.8.